The summed E-state index contributed by atoms with van der Waals surface area (Å²) in [6.07, 6.45) is 1.10. The highest BCUT2D eigenvalue weighted by molar-refractivity contribution is 7.92. The lowest BCUT2D eigenvalue weighted by molar-refractivity contribution is 0.317. The van der Waals surface area contributed by atoms with E-state index >= 15 is 0 Å². The van der Waals surface area contributed by atoms with Gasteiger partial charge in [-0.3, -0.25) is 0 Å². The second-order valence-corrected chi connectivity index (χ2v) is 4.58. The summed E-state index contributed by atoms with van der Waals surface area (Å²) in [5, 5.41) is 10.3. The van der Waals surface area contributed by atoms with E-state index in [0.717, 1.165) is 6.26 Å². The third kappa shape index (κ3) is 2.34. The van der Waals surface area contributed by atoms with E-state index in [1.54, 1.807) is 0 Å². The number of oxime groups is 1. The maximum Gasteiger partial charge on any atom is 0.155 e. The molecule has 60 valence electrons. The van der Waals surface area contributed by atoms with Crippen LogP contribution in [0.15, 0.2) is 5.16 Å². The first-order valence-corrected chi connectivity index (χ1v) is 4.72. The molecule has 1 atom stereocenters. The van der Waals surface area contributed by atoms with Crippen molar-refractivity contribution in [2.24, 2.45) is 5.16 Å². The Morgan fingerprint density at radius 1 is 1.60 bits per heavy atom. The Bertz CT molecular complexity index is 229. The molecule has 0 saturated heterocycles. The van der Waals surface area contributed by atoms with Gasteiger partial charge in [0.05, 0.1) is 11.0 Å². The molecule has 4 nitrogen and oxygen atoms in total. The van der Waals surface area contributed by atoms with Crippen molar-refractivity contribution in [3.05, 3.63) is 0 Å². The molecule has 10 heavy (non-hydrogen) atoms. The van der Waals surface area contributed by atoms with Crippen LogP contribution in [-0.2, 0) is 9.84 Å². The van der Waals surface area contributed by atoms with E-state index in [-0.39, 0.29) is 5.71 Å². The molecule has 0 aliphatic heterocycles. The van der Waals surface area contributed by atoms with Gasteiger partial charge in [0.15, 0.2) is 9.84 Å². The molecule has 0 bridgehead atoms. The summed E-state index contributed by atoms with van der Waals surface area (Å²) in [7, 11) is -3.10. The lowest BCUT2D eigenvalue weighted by atomic mass is 10.3. The summed E-state index contributed by atoms with van der Waals surface area (Å²) < 4.78 is 21.5. The van der Waals surface area contributed by atoms with Crippen LogP contribution in [0.25, 0.3) is 0 Å². The predicted octanol–water partition coefficient (Wildman–Crippen LogP) is 0.270. The van der Waals surface area contributed by atoms with Crippen LogP contribution >= 0.6 is 0 Å². The summed E-state index contributed by atoms with van der Waals surface area (Å²) in [6, 6.07) is 0. The van der Waals surface area contributed by atoms with Gasteiger partial charge in [0.1, 0.15) is 0 Å². The minimum atomic E-state index is -3.10. The Kier molecular flexibility index (Phi) is 2.83. The summed E-state index contributed by atoms with van der Waals surface area (Å²) >= 11 is 0. The highest BCUT2D eigenvalue weighted by atomic mass is 32.2. The van der Waals surface area contributed by atoms with E-state index in [9.17, 15) is 8.42 Å². The highest BCUT2D eigenvalue weighted by Crippen LogP contribution is 1.99. The first kappa shape index (κ1) is 9.42. The van der Waals surface area contributed by atoms with Gasteiger partial charge in [0, 0.05) is 6.26 Å². The maximum absolute atomic E-state index is 10.7. The Labute approximate surface area is 60.5 Å². The van der Waals surface area contributed by atoms with Crippen molar-refractivity contribution < 1.29 is 13.6 Å². The molecule has 0 amide bonds. The van der Waals surface area contributed by atoms with Crippen LogP contribution in [0, 0.1) is 0 Å². The molecule has 0 heterocycles. The monoisotopic (exact) mass is 165 g/mol. The van der Waals surface area contributed by atoms with Crippen LogP contribution in [0.2, 0.25) is 0 Å². The fourth-order valence-corrected chi connectivity index (χ4v) is 1.06. The molecule has 0 rings (SSSR count). The Hall–Kier alpha value is -0.580. The number of rotatable bonds is 2. The second kappa shape index (κ2) is 3.01. The average Bonchev–Trinajstić information content (AvgIpc) is 1.83. The van der Waals surface area contributed by atoms with Crippen LogP contribution in [-0.4, -0.2) is 30.8 Å². The van der Waals surface area contributed by atoms with Gasteiger partial charge in [-0.05, 0) is 13.8 Å². The third-order valence-corrected chi connectivity index (χ3v) is 3.01. The normalized spacial score (nSPS) is 16.9. The molecule has 0 spiro atoms. The Morgan fingerprint density at radius 3 is 2.10 bits per heavy atom. The number of hydrogen-bond donors (Lipinski definition) is 1. The maximum atomic E-state index is 10.7. The van der Waals surface area contributed by atoms with Crippen molar-refractivity contribution in [3.8, 4) is 0 Å². The zero-order chi connectivity index (χ0) is 8.36. The van der Waals surface area contributed by atoms with Gasteiger partial charge < -0.3 is 5.21 Å². The molecule has 0 radical (unpaired) electrons. The summed E-state index contributed by atoms with van der Waals surface area (Å²) in [5.41, 5.74) is 0.211. The molecule has 0 aromatic heterocycles. The van der Waals surface area contributed by atoms with Crippen molar-refractivity contribution in [1.29, 1.82) is 0 Å². The minimum absolute atomic E-state index is 0.211. The van der Waals surface area contributed by atoms with Gasteiger partial charge >= 0.3 is 0 Å². The fourth-order valence-electron chi connectivity index (χ4n) is 0.391. The summed E-state index contributed by atoms with van der Waals surface area (Å²) in [5.74, 6) is 0. The van der Waals surface area contributed by atoms with Gasteiger partial charge in [-0.25, -0.2) is 8.42 Å². The molecule has 0 fully saturated rings. The van der Waals surface area contributed by atoms with Crippen molar-refractivity contribution in [2.75, 3.05) is 6.26 Å². The van der Waals surface area contributed by atoms with Crippen LogP contribution in [0.4, 0.5) is 0 Å². The van der Waals surface area contributed by atoms with Crippen molar-refractivity contribution >= 4 is 15.5 Å². The van der Waals surface area contributed by atoms with E-state index < -0.39 is 15.1 Å². The standard InChI is InChI=1S/C5H11NO3S/c1-4(6-7)5(2)10(3,8)9/h5,7H,1-3H3/b6-4-/t5-/m1/s1. The topological polar surface area (TPSA) is 66.7 Å². The molecular weight excluding hydrogens is 154 g/mol. The van der Waals surface area contributed by atoms with E-state index in [4.69, 9.17) is 5.21 Å². The van der Waals surface area contributed by atoms with Crippen LogP contribution in [0.5, 0.6) is 0 Å². The molecular formula is C5H11NO3S. The molecule has 0 saturated carbocycles. The molecule has 0 aliphatic carbocycles. The first-order valence-electron chi connectivity index (χ1n) is 2.77. The molecule has 0 aliphatic rings. The largest absolute Gasteiger partial charge is 0.411 e. The number of nitrogens with zero attached hydrogens (tertiary/aromatic N) is 1. The average molecular weight is 165 g/mol. The third-order valence-electron chi connectivity index (χ3n) is 1.39. The molecule has 0 unspecified atom stereocenters. The van der Waals surface area contributed by atoms with E-state index in [1.807, 2.05) is 0 Å². The number of sulfone groups is 1. The van der Waals surface area contributed by atoms with E-state index in [0.29, 0.717) is 0 Å². The fraction of sp³-hybridized carbons (Fsp3) is 0.800. The van der Waals surface area contributed by atoms with E-state index in [1.165, 1.54) is 13.8 Å². The van der Waals surface area contributed by atoms with Gasteiger partial charge in [-0.2, -0.15) is 0 Å². The lowest BCUT2D eigenvalue weighted by Crippen LogP contribution is -2.23. The molecule has 0 aromatic rings. The molecule has 5 heteroatoms. The molecule has 1 N–H and O–H groups in total. The Balaban J connectivity index is 4.55. The zero-order valence-electron chi connectivity index (χ0n) is 6.20. The number of hydrogen-bond acceptors (Lipinski definition) is 4. The first-order chi connectivity index (χ1) is 4.39. The predicted molar refractivity (Wildman–Crippen MR) is 39.2 cm³/mol. The summed E-state index contributed by atoms with van der Waals surface area (Å²) in [4.78, 5) is 0. The lowest BCUT2D eigenvalue weighted by Gasteiger charge is -2.05. The molecule has 0 aromatic carbocycles. The van der Waals surface area contributed by atoms with Gasteiger partial charge in [-0.15, -0.1) is 0 Å². The van der Waals surface area contributed by atoms with Crippen molar-refractivity contribution in [2.45, 2.75) is 19.1 Å². The van der Waals surface area contributed by atoms with Crippen LogP contribution in [0.1, 0.15) is 13.8 Å². The second-order valence-electron chi connectivity index (χ2n) is 2.21. The smallest absolute Gasteiger partial charge is 0.155 e. The van der Waals surface area contributed by atoms with Crippen molar-refractivity contribution in [1.82, 2.24) is 0 Å². The van der Waals surface area contributed by atoms with Gasteiger partial charge in [0.2, 0.25) is 0 Å². The minimum Gasteiger partial charge on any atom is -0.411 e. The SMILES string of the molecule is C/C(=N/O)[C@@H](C)S(C)(=O)=O. The Morgan fingerprint density at radius 2 is 2.00 bits per heavy atom. The van der Waals surface area contributed by atoms with Crippen LogP contribution in [0.3, 0.4) is 0 Å². The van der Waals surface area contributed by atoms with Gasteiger partial charge in [0.25, 0.3) is 0 Å². The van der Waals surface area contributed by atoms with Crippen molar-refractivity contribution in [3.63, 3.8) is 0 Å². The quantitative estimate of drug-likeness (QED) is 0.363. The van der Waals surface area contributed by atoms with Gasteiger partial charge in [-0.1, -0.05) is 5.16 Å². The summed E-state index contributed by atoms with van der Waals surface area (Å²) in [6.45, 7) is 2.94. The highest BCUT2D eigenvalue weighted by Gasteiger charge is 2.17. The van der Waals surface area contributed by atoms with E-state index in [2.05, 4.69) is 5.16 Å². The zero-order valence-corrected chi connectivity index (χ0v) is 7.01. The van der Waals surface area contributed by atoms with Crippen LogP contribution < -0.4 is 0 Å².